The summed E-state index contributed by atoms with van der Waals surface area (Å²) in [7, 11) is 0. The number of aromatic nitrogens is 3. The van der Waals surface area contributed by atoms with E-state index >= 15 is 0 Å². The van der Waals surface area contributed by atoms with E-state index < -0.39 is 0 Å². The smallest absolute Gasteiger partial charge is 0.0901 e. The van der Waals surface area contributed by atoms with Crippen LogP contribution in [-0.4, -0.2) is 27.5 Å². The third-order valence-corrected chi connectivity index (χ3v) is 4.68. The maximum absolute atomic E-state index is 5.65. The molecule has 0 radical (unpaired) electrons. The van der Waals surface area contributed by atoms with Crippen LogP contribution in [0.25, 0.3) is 0 Å². The maximum atomic E-state index is 5.65. The van der Waals surface area contributed by atoms with Gasteiger partial charge in [0.25, 0.3) is 0 Å². The van der Waals surface area contributed by atoms with Crippen molar-refractivity contribution in [1.29, 1.82) is 0 Å². The van der Waals surface area contributed by atoms with Crippen LogP contribution in [0.4, 0.5) is 5.69 Å². The first-order valence-electron chi connectivity index (χ1n) is 7.46. The van der Waals surface area contributed by atoms with Crippen molar-refractivity contribution < 1.29 is 4.74 Å². The van der Waals surface area contributed by atoms with Crippen LogP contribution in [-0.2, 0) is 11.3 Å². The third kappa shape index (κ3) is 3.44. The second-order valence-electron chi connectivity index (χ2n) is 5.63. The van der Waals surface area contributed by atoms with E-state index in [9.17, 15) is 0 Å². The minimum absolute atomic E-state index is 0.190. The quantitative estimate of drug-likeness (QED) is 0.921. The second kappa shape index (κ2) is 6.15. The Hall–Kier alpha value is -1.40. The van der Waals surface area contributed by atoms with Crippen LogP contribution in [0.15, 0.2) is 12.4 Å². The molecule has 0 aromatic carbocycles. The van der Waals surface area contributed by atoms with E-state index in [0.717, 1.165) is 42.4 Å². The van der Waals surface area contributed by atoms with Gasteiger partial charge in [-0.15, -0.1) is 11.3 Å². The summed E-state index contributed by atoms with van der Waals surface area (Å²) in [4.78, 5) is 5.88. The lowest BCUT2D eigenvalue weighted by Gasteiger charge is -2.12. The van der Waals surface area contributed by atoms with Crippen LogP contribution < -0.4 is 5.32 Å². The molecule has 2 aromatic heterocycles. The topological polar surface area (TPSA) is 52.0 Å². The summed E-state index contributed by atoms with van der Waals surface area (Å²) < 4.78 is 7.61. The number of thiazole rings is 1. The third-order valence-electron chi connectivity index (χ3n) is 3.78. The molecule has 1 saturated heterocycles. The molecule has 2 atom stereocenters. The SMILES string of the molecule is Cc1nc(C(C)Nc2cnn(CC3CCCO3)c2)c(C)s1. The van der Waals surface area contributed by atoms with Crippen molar-refractivity contribution >= 4 is 17.0 Å². The summed E-state index contributed by atoms with van der Waals surface area (Å²) in [5.74, 6) is 0. The molecule has 2 aromatic rings. The van der Waals surface area contributed by atoms with Crippen LogP contribution in [0.1, 0.15) is 41.4 Å². The van der Waals surface area contributed by atoms with Crippen molar-refractivity contribution in [3.8, 4) is 0 Å². The van der Waals surface area contributed by atoms with E-state index in [0.29, 0.717) is 6.10 Å². The summed E-state index contributed by atoms with van der Waals surface area (Å²) in [6.45, 7) is 8.03. The van der Waals surface area contributed by atoms with Crippen molar-refractivity contribution in [2.45, 2.75) is 52.3 Å². The monoisotopic (exact) mass is 306 g/mol. The molecule has 0 bridgehead atoms. The Kier molecular flexibility index (Phi) is 4.26. The number of nitrogens with one attached hydrogen (secondary N) is 1. The van der Waals surface area contributed by atoms with Gasteiger partial charge in [-0.05, 0) is 33.6 Å². The molecule has 5 nitrogen and oxygen atoms in total. The molecule has 1 aliphatic heterocycles. The van der Waals surface area contributed by atoms with Crippen LogP contribution in [0.5, 0.6) is 0 Å². The molecule has 1 N–H and O–H groups in total. The molecule has 0 aliphatic carbocycles. The molecule has 0 amide bonds. The normalized spacial score (nSPS) is 19.9. The first-order valence-corrected chi connectivity index (χ1v) is 8.28. The Morgan fingerprint density at radius 1 is 1.52 bits per heavy atom. The fourth-order valence-electron chi connectivity index (χ4n) is 2.80. The predicted molar refractivity (Wildman–Crippen MR) is 84.8 cm³/mol. The highest BCUT2D eigenvalue weighted by Gasteiger charge is 2.17. The number of hydrogen-bond acceptors (Lipinski definition) is 5. The van der Waals surface area contributed by atoms with Crippen LogP contribution in [0, 0.1) is 13.8 Å². The van der Waals surface area contributed by atoms with Gasteiger partial charge in [-0.1, -0.05) is 0 Å². The van der Waals surface area contributed by atoms with Crippen molar-refractivity contribution in [3.63, 3.8) is 0 Å². The minimum atomic E-state index is 0.190. The van der Waals surface area contributed by atoms with Gasteiger partial charge < -0.3 is 10.1 Å². The Balaban J connectivity index is 1.62. The molecule has 21 heavy (non-hydrogen) atoms. The van der Waals surface area contributed by atoms with Crippen LogP contribution in [0.2, 0.25) is 0 Å². The van der Waals surface area contributed by atoms with Gasteiger partial charge in [-0.3, -0.25) is 4.68 Å². The van der Waals surface area contributed by atoms with E-state index in [2.05, 4.69) is 29.2 Å². The number of aryl methyl sites for hydroxylation is 2. The molecular weight excluding hydrogens is 284 g/mol. The fraction of sp³-hybridized carbons (Fsp3) is 0.600. The van der Waals surface area contributed by atoms with Crippen molar-refractivity contribution in [2.75, 3.05) is 11.9 Å². The number of nitrogens with zero attached hydrogens (tertiary/aromatic N) is 3. The number of anilines is 1. The maximum Gasteiger partial charge on any atom is 0.0901 e. The Morgan fingerprint density at radius 2 is 2.38 bits per heavy atom. The largest absolute Gasteiger partial charge is 0.376 e. The zero-order valence-corrected chi connectivity index (χ0v) is 13.6. The lowest BCUT2D eigenvalue weighted by atomic mass is 10.2. The van der Waals surface area contributed by atoms with Crippen LogP contribution in [0.3, 0.4) is 0 Å². The van der Waals surface area contributed by atoms with E-state index in [1.165, 1.54) is 4.88 Å². The Morgan fingerprint density at radius 3 is 3.05 bits per heavy atom. The lowest BCUT2D eigenvalue weighted by Crippen LogP contribution is -2.15. The predicted octanol–water partition coefficient (Wildman–Crippen LogP) is 3.31. The highest BCUT2D eigenvalue weighted by atomic mass is 32.1. The average Bonchev–Trinajstić information content (AvgIpc) is 3.13. The van der Waals surface area contributed by atoms with Crippen LogP contribution >= 0.6 is 11.3 Å². The van der Waals surface area contributed by atoms with Gasteiger partial charge >= 0.3 is 0 Å². The number of rotatable bonds is 5. The molecule has 1 fully saturated rings. The second-order valence-corrected chi connectivity index (χ2v) is 7.03. The zero-order chi connectivity index (χ0) is 14.8. The van der Waals surface area contributed by atoms with Gasteiger partial charge in [0.15, 0.2) is 0 Å². The van der Waals surface area contributed by atoms with E-state index in [-0.39, 0.29) is 6.04 Å². The van der Waals surface area contributed by atoms with Crippen molar-refractivity contribution in [2.24, 2.45) is 0 Å². The average molecular weight is 306 g/mol. The first kappa shape index (κ1) is 14.5. The molecule has 0 saturated carbocycles. The summed E-state index contributed by atoms with van der Waals surface area (Å²) in [6, 6.07) is 0.190. The number of hydrogen-bond donors (Lipinski definition) is 1. The molecular formula is C15H22N4OS. The van der Waals surface area contributed by atoms with Gasteiger partial charge in [0.1, 0.15) is 0 Å². The Labute approximate surface area is 129 Å². The molecule has 3 heterocycles. The molecule has 114 valence electrons. The van der Waals surface area contributed by atoms with Gasteiger partial charge in [0.2, 0.25) is 0 Å². The molecule has 1 aliphatic rings. The minimum Gasteiger partial charge on any atom is -0.376 e. The van der Waals surface area contributed by atoms with Gasteiger partial charge in [-0.2, -0.15) is 5.10 Å². The Bertz CT molecular complexity index is 601. The summed E-state index contributed by atoms with van der Waals surface area (Å²) >= 11 is 1.75. The van der Waals surface area contributed by atoms with E-state index in [1.54, 1.807) is 11.3 Å². The lowest BCUT2D eigenvalue weighted by molar-refractivity contribution is 0.0940. The number of ether oxygens (including phenoxy) is 1. The van der Waals surface area contributed by atoms with Crippen molar-refractivity contribution in [3.05, 3.63) is 28.0 Å². The highest BCUT2D eigenvalue weighted by molar-refractivity contribution is 7.11. The van der Waals surface area contributed by atoms with E-state index in [1.807, 2.05) is 24.0 Å². The summed E-state index contributed by atoms with van der Waals surface area (Å²) in [5.41, 5.74) is 2.16. The van der Waals surface area contributed by atoms with E-state index in [4.69, 9.17) is 4.74 Å². The molecule has 3 rings (SSSR count). The standard InChI is InChI=1S/C15H22N4OS/c1-10(15-11(2)21-12(3)18-15)17-13-7-16-19(8-13)9-14-5-4-6-20-14/h7-8,10,14,17H,4-6,9H2,1-3H3. The molecule has 0 spiro atoms. The van der Waals surface area contributed by atoms with Gasteiger partial charge in [-0.25, -0.2) is 4.98 Å². The fourth-order valence-corrected chi connectivity index (χ4v) is 3.71. The van der Waals surface area contributed by atoms with Gasteiger partial charge in [0.05, 0.1) is 41.3 Å². The van der Waals surface area contributed by atoms with Crippen molar-refractivity contribution in [1.82, 2.24) is 14.8 Å². The summed E-state index contributed by atoms with van der Waals surface area (Å²) in [6.07, 6.45) is 6.54. The highest BCUT2D eigenvalue weighted by Crippen LogP contribution is 2.25. The van der Waals surface area contributed by atoms with Gasteiger partial charge in [0, 0.05) is 17.7 Å². The first-order chi connectivity index (χ1) is 10.1. The summed E-state index contributed by atoms with van der Waals surface area (Å²) in [5, 5.41) is 9.00. The molecule has 2 unspecified atom stereocenters. The molecule has 6 heteroatoms. The zero-order valence-electron chi connectivity index (χ0n) is 12.8.